The van der Waals surface area contributed by atoms with Gasteiger partial charge in [-0.05, 0) is 5.57 Å². The number of hydrazine groups is 1. The van der Waals surface area contributed by atoms with Gasteiger partial charge in [0.2, 0.25) is 0 Å². The third-order valence-electron chi connectivity index (χ3n) is 1.81. The summed E-state index contributed by atoms with van der Waals surface area (Å²) in [6, 6.07) is 0. The fraction of sp³-hybridized carbons (Fsp3) is 0.400. The van der Waals surface area contributed by atoms with Gasteiger partial charge in [-0.1, -0.05) is 44.2 Å². The van der Waals surface area contributed by atoms with Crippen molar-refractivity contribution >= 4 is 0 Å². The second kappa shape index (κ2) is 3.70. The Morgan fingerprint density at radius 2 is 2.17 bits per heavy atom. The summed E-state index contributed by atoms with van der Waals surface area (Å²) >= 11 is 0. The Morgan fingerprint density at radius 3 is 2.83 bits per heavy atom. The number of hydrogen-bond donors (Lipinski definition) is 2. The Bertz CT molecular complexity index is 234. The van der Waals surface area contributed by atoms with Crippen molar-refractivity contribution in [1.82, 2.24) is 5.43 Å². The predicted molar refractivity (Wildman–Crippen MR) is 52.3 cm³/mol. The second-order valence-corrected chi connectivity index (χ2v) is 3.64. The summed E-state index contributed by atoms with van der Waals surface area (Å²) in [6.45, 7) is 5.07. The SMILES string of the molecule is CC1(C)C=CC=CC(CNN)=C1. The van der Waals surface area contributed by atoms with Crippen LogP contribution in [0.4, 0.5) is 0 Å². The number of nitrogens with one attached hydrogen (secondary N) is 1. The molecule has 0 aromatic rings. The zero-order chi connectivity index (χ0) is 9.03. The van der Waals surface area contributed by atoms with E-state index in [2.05, 4.69) is 43.6 Å². The molecule has 0 saturated carbocycles. The smallest absolute Gasteiger partial charge is 0.0345 e. The zero-order valence-electron chi connectivity index (χ0n) is 7.67. The van der Waals surface area contributed by atoms with Gasteiger partial charge >= 0.3 is 0 Å². The van der Waals surface area contributed by atoms with Gasteiger partial charge in [-0.25, -0.2) is 0 Å². The lowest BCUT2D eigenvalue weighted by Crippen LogP contribution is -2.24. The van der Waals surface area contributed by atoms with E-state index < -0.39 is 0 Å². The maximum atomic E-state index is 5.25. The molecule has 0 saturated heterocycles. The van der Waals surface area contributed by atoms with Crippen molar-refractivity contribution < 1.29 is 0 Å². The van der Waals surface area contributed by atoms with Gasteiger partial charge in [-0.15, -0.1) is 0 Å². The lowest BCUT2D eigenvalue weighted by Gasteiger charge is -2.15. The third-order valence-corrected chi connectivity index (χ3v) is 1.81. The summed E-state index contributed by atoms with van der Waals surface area (Å²) < 4.78 is 0. The first-order valence-corrected chi connectivity index (χ1v) is 4.15. The number of allylic oxidation sites excluding steroid dienone is 4. The maximum absolute atomic E-state index is 5.25. The van der Waals surface area contributed by atoms with Crippen molar-refractivity contribution in [3.63, 3.8) is 0 Å². The van der Waals surface area contributed by atoms with E-state index in [1.165, 1.54) is 5.57 Å². The van der Waals surface area contributed by atoms with Crippen molar-refractivity contribution in [3.05, 3.63) is 36.0 Å². The molecule has 0 aromatic heterocycles. The average Bonchev–Trinajstić information content (AvgIpc) is 2.11. The highest BCUT2D eigenvalue weighted by atomic mass is 15.2. The van der Waals surface area contributed by atoms with Crippen LogP contribution in [-0.2, 0) is 0 Å². The summed E-state index contributed by atoms with van der Waals surface area (Å²) in [4.78, 5) is 0. The summed E-state index contributed by atoms with van der Waals surface area (Å²) in [7, 11) is 0. The molecule has 66 valence electrons. The summed E-state index contributed by atoms with van der Waals surface area (Å²) in [5.74, 6) is 5.25. The van der Waals surface area contributed by atoms with Crippen LogP contribution in [0, 0.1) is 5.41 Å². The molecule has 12 heavy (non-hydrogen) atoms. The molecule has 0 aliphatic heterocycles. The van der Waals surface area contributed by atoms with Crippen LogP contribution in [0.5, 0.6) is 0 Å². The lowest BCUT2D eigenvalue weighted by molar-refractivity contribution is 0.619. The second-order valence-electron chi connectivity index (χ2n) is 3.64. The molecule has 3 N–H and O–H groups in total. The van der Waals surface area contributed by atoms with E-state index in [1.807, 2.05) is 6.08 Å². The highest BCUT2D eigenvalue weighted by Gasteiger charge is 2.11. The molecule has 2 heteroatoms. The minimum Gasteiger partial charge on any atom is -0.271 e. The van der Waals surface area contributed by atoms with Crippen LogP contribution in [0.15, 0.2) is 36.0 Å². The Kier molecular flexibility index (Phi) is 2.84. The van der Waals surface area contributed by atoms with Gasteiger partial charge < -0.3 is 0 Å². The summed E-state index contributed by atoms with van der Waals surface area (Å²) in [5, 5.41) is 0. The first-order chi connectivity index (χ1) is 5.64. The molecule has 1 rings (SSSR count). The van der Waals surface area contributed by atoms with Gasteiger partial charge in [0.15, 0.2) is 0 Å². The maximum Gasteiger partial charge on any atom is 0.0345 e. The molecule has 0 unspecified atom stereocenters. The largest absolute Gasteiger partial charge is 0.271 e. The van der Waals surface area contributed by atoms with Gasteiger partial charge in [0.05, 0.1) is 0 Å². The van der Waals surface area contributed by atoms with Crippen LogP contribution < -0.4 is 11.3 Å². The number of nitrogens with two attached hydrogens (primary N) is 1. The van der Waals surface area contributed by atoms with E-state index in [0.717, 1.165) is 6.54 Å². The molecule has 0 atom stereocenters. The first kappa shape index (κ1) is 9.23. The summed E-state index contributed by atoms with van der Waals surface area (Å²) in [6.07, 6.45) is 10.6. The normalized spacial score (nSPS) is 20.4. The van der Waals surface area contributed by atoms with Gasteiger partial charge in [-0.2, -0.15) is 0 Å². The molecule has 0 radical (unpaired) electrons. The van der Waals surface area contributed by atoms with Gasteiger partial charge in [0, 0.05) is 12.0 Å². The van der Waals surface area contributed by atoms with Crippen molar-refractivity contribution in [2.45, 2.75) is 13.8 Å². The number of rotatable bonds is 2. The fourth-order valence-corrected chi connectivity index (χ4v) is 1.28. The van der Waals surface area contributed by atoms with Crippen molar-refractivity contribution in [2.75, 3.05) is 6.54 Å². The van der Waals surface area contributed by atoms with E-state index in [1.54, 1.807) is 0 Å². The Hall–Kier alpha value is -0.860. The molecule has 0 bridgehead atoms. The summed E-state index contributed by atoms with van der Waals surface area (Å²) in [5.41, 5.74) is 4.02. The van der Waals surface area contributed by atoms with Crippen molar-refractivity contribution in [1.29, 1.82) is 0 Å². The standard InChI is InChI=1S/C10H16N2/c1-10(2)6-4-3-5-9(7-10)8-12-11/h3-7,12H,8,11H2,1-2H3. The molecule has 2 nitrogen and oxygen atoms in total. The lowest BCUT2D eigenvalue weighted by atomic mass is 9.91. The zero-order valence-corrected chi connectivity index (χ0v) is 7.67. The quantitative estimate of drug-likeness (QED) is 0.480. The topological polar surface area (TPSA) is 38.0 Å². The van der Waals surface area contributed by atoms with Crippen LogP contribution in [0.1, 0.15) is 13.8 Å². The monoisotopic (exact) mass is 164 g/mol. The van der Waals surface area contributed by atoms with Crippen molar-refractivity contribution in [2.24, 2.45) is 11.3 Å². The Balaban J connectivity index is 2.80. The molecule has 1 aliphatic carbocycles. The first-order valence-electron chi connectivity index (χ1n) is 4.15. The number of hydrogen-bond acceptors (Lipinski definition) is 2. The van der Waals surface area contributed by atoms with E-state index in [4.69, 9.17) is 5.84 Å². The molecule has 0 amide bonds. The fourth-order valence-electron chi connectivity index (χ4n) is 1.28. The molecule has 0 fully saturated rings. The van der Waals surface area contributed by atoms with Gasteiger partial charge in [0.25, 0.3) is 0 Å². The predicted octanol–water partition coefficient (Wildman–Crippen LogP) is 1.53. The van der Waals surface area contributed by atoms with Gasteiger partial charge in [-0.3, -0.25) is 11.3 Å². The minimum atomic E-state index is 0.135. The molecule has 0 spiro atoms. The third kappa shape index (κ3) is 2.64. The molecular weight excluding hydrogens is 148 g/mol. The van der Waals surface area contributed by atoms with Crippen LogP contribution in [0.3, 0.4) is 0 Å². The Morgan fingerprint density at radius 1 is 1.42 bits per heavy atom. The minimum absolute atomic E-state index is 0.135. The van der Waals surface area contributed by atoms with Crippen molar-refractivity contribution in [3.8, 4) is 0 Å². The average molecular weight is 164 g/mol. The van der Waals surface area contributed by atoms with E-state index in [0.29, 0.717) is 0 Å². The van der Waals surface area contributed by atoms with E-state index in [9.17, 15) is 0 Å². The molecular formula is C10H16N2. The van der Waals surface area contributed by atoms with Crippen LogP contribution >= 0.6 is 0 Å². The van der Waals surface area contributed by atoms with E-state index in [-0.39, 0.29) is 5.41 Å². The highest BCUT2D eigenvalue weighted by Crippen LogP contribution is 2.23. The molecule has 0 aromatic carbocycles. The van der Waals surface area contributed by atoms with Crippen LogP contribution in [0.25, 0.3) is 0 Å². The molecule has 1 aliphatic rings. The van der Waals surface area contributed by atoms with Crippen LogP contribution in [-0.4, -0.2) is 6.54 Å². The molecule has 0 heterocycles. The van der Waals surface area contributed by atoms with E-state index >= 15 is 0 Å². The van der Waals surface area contributed by atoms with Gasteiger partial charge in [0.1, 0.15) is 0 Å². The Labute approximate surface area is 73.8 Å². The van der Waals surface area contributed by atoms with Crippen LogP contribution in [0.2, 0.25) is 0 Å². The highest BCUT2D eigenvalue weighted by molar-refractivity contribution is 5.31.